The second-order valence-corrected chi connectivity index (χ2v) is 12.7. The van der Waals surface area contributed by atoms with Gasteiger partial charge in [-0.25, -0.2) is 19.9 Å². The van der Waals surface area contributed by atoms with Crippen molar-refractivity contribution in [3.63, 3.8) is 0 Å². The van der Waals surface area contributed by atoms with Crippen LogP contribution in [-0.2, 0) is 0 Å². The molecular formula is C46H29N5. The van der Waals surface area contributed by atoms with Crippen molar-refractivity contribution in [1.29, 1.82) is 0 Å². The summed E-state index contributed by atoms with van der Waals surface area (Å²) in [6.45, 7) is 0. The molecule has 0 radical (unpaired) electrons. The summed E-state index contributed by atoms with van der Waals surface area (Å²) in [7, 11) is 0. The molecule has 5 nitrogen and oxygen atoms in total. The number of rotatable bonds is 5. The average molecular weight is 652 g/mol. The first kappa shape index (κ1) is 29.0. The number of hydrogen-bond acceptors (Lipinski definition) is 4. The first-order valence-electron chi connectivity index (χ1n) is 17.1. The highest BCUT2D eigenvalue weighted by Gasteiger charge is 2.18. The Morgan fingerprint density at radius 2 is 0.725 bits per heavy atom. The molecule has 0 aliphatic carbocycles. The van der Waals surface area contributed by atoms with Gasteiger partial charge in [-0.2, -0.15) is 0 Å². The van der Waals surface area contributed by atoms with E-state index in [-0.39, 0.29) is 0 Å². The molecule has 3 aromatic heterocycles. The summed E-state index contributed by atoms with van der Waals surface area (Å²) in [6, 6.07) is 60.8. The van der Waals surface area contributed by atoms with Gasteiger partial charge in [-0.3, -0.25) is 0 Å². The van der Waals surface area contributed by atoms with Crippen LogP contribution in [0.25, 0.3) is 94.6 Å². The molecule has 0 amide bonds. The molecule has 0 unspecified atom stereocenters. The fourth-order valence-electron chi connectivity index (χ4n) is 7.20. The topological polar surface area (TPSA) is 56.5 Å². The third kappa shape index (κ3) is 4.94. The maximum Gasteiger partial charge on any atom is 0.160 e. The molecule has 0 saturated heterocycles. The van der Waals surface area contributed by atoms with Gasteiger partial charge >= 0.3 is 0 Å². The van der Waals surface area contributed by atoms with E-state index in [9.17, 15) is 0 Å². The van der Waals surface area contributed by atoms with Crippen LogP contribution in [0.15, 0.2) is 176 Å². The number of para-hydroxylation sites is 3. The van der Waals surface area contributed by atoms with Gasteiger partial charge in [0, 0.05) is 49.5 Å². The normalized spacial score (nSPS) is 11.5. The van der Waals surface area contributed by atoms with Crippen molar-refractivity contribution in [2.24, 2.45) is 0 Å². The maximum atomic E-state index is 5.19. The molecular weight excluding hydrogens is 623 g/mol. The Balaban J connectivity index is 1.21. The van der Waals surface area contributed by atoms with E-state index < -0.39 is 0 Å². The quantitative estimate of drug-likeness (QED) is 0.186. The smallest absolute Gasteiger partial charge is 0.160 e. The van der Waals surface area contributed by atoms with Crippen LogP contribution in [0.1, 0.15) is 0 Å². The van der Waals surface area contributed by atoms with Crippen LogP contribution < -0.4 is 0 Å². The predicted octanol–water partition coefficient (Wildman–Crippen LogP) is 11.3. The van der Waals surface area contributed by atoms with Crippen LogP contribution >= 0.6 is 0 Å². The van der Waals surface area contributed by atoms with Gasteiger partial charge in [0.25, 0.3) is 0 Å². The van der Waals surface area contributed by atoms with E-state index in [0.29, 0.717) is 11.6 Å². The van der Waals surface area contributed by atoms with Crippen molar-refractivity contribution in [2.45, 2.75) is 0 Å². The van der Waals surface area contributed by atoms with Gasteiger partial charge in [0.15, 0.2) is 11.6 Å². The Morgan fingerprint density at radius 1 is 0.314 bits per heavy atom. The Bertz CT molecular complexity index is 2720. The molecule has 51 heavy (non-hydrogen) atoms. The van der Waals surface area contributed by atoms with Gasteiger partial charge in [0.2, 0.25) is 0 Å². The first-order valence-corrected chi connectivity index (χ1v) is 17.1. The standard InChI is InChI=1S/C46H29N5/c1-4-14-30(15-5-1)43-35-20-10-12-22-39(35)47-45(49-43)32-24-26-41-37(28-32)38-29-33(25-27-42(38)51(41)34-18-8-3-9-19-34)46-48-40-23-13-11-21-36(40)44(50-46)31-16-6-2-7-17-31/h1-29H. The van der Waals surface area contributed by atoms with E-state index in [2.05, 4.69) is 144 Å². The highest BCUT2D eigenvalue weighted by molar-refractivity contribution is 6.11. The molecule has 0 saturated carbocycles. The Morgan fingerprint density at radius 3 is 1.20 bits per heavy atom. The second-order valence-electron chi connectivity index (χ2n) is 12.7. The third-order valence-corrected chi connectivity index (χ3v) is 9.60. The van der Waals surface area contributed by atoms with Crippen LogP contribution in [0, 0.1) is 0 Å². The average Bonchev–Trinajstić information content (AvgIpc) is 3.54. The molecule has 0 bridgehead atoms. The van der Waals surface area contributed by atoms with E-state index in [0.717, 1.165) is 82.9 Å². The van der Waals surface area contributed by atoms with Gasteiger partial charge < -0.3 is 4.57 Å². The molecule has 3 heterocycles. The van der Waals surface area contributed by atoms with Crippen LogP contribution in [0.3, 0.4) is 0 Å². The molecule has 0 atom stereocenters. The lowest BCUT2D eigenvalue weighted by molar-refractivity contribution is 1.18. The lowest BCUT2D eigenvalue weighted by Crippen LogP contribution is -1.96. The first-order chi connectivity index (χ1) is 25.3. The number of fused-ring (bicyclic) bond motifs is 5. The van der Waals surface area contributed by atoms with Crippen LogP contribution in [0.4, 0.5) is 0 Å². The highest BCUT2D eigenvalue weighted by Crippen LogP contribution is 2.38. The van der Waals surface area contributed by atoms with E-state index in [1.165, 1.54) is 0 Å². The summed E-state index contributed by atoms with van der Waals surface area (Å²) in [4.78, 5) is 20.5. The molecule has 0 aliphatic rings. The summed E-state index contributed by atoms with van der Waals surface area (Å²) >= 11 is 0. The SMILES string of the molecule is c1ccc(-c2nc(-c3ccc4c(c3)c3cc(-c5nc(-c6ccccc6)c6ccccc6n5)ccc3n4-c3ccccc3)nc3ccccc23)cc1. The minimum absolute atomic E-state index is 0.691. The van der Waals surface area contributed by atoms with Crippen LogP contribution in [0.5, 0.6) is 0 Å². The van der Waals surface area contributed by atoms with Crippen molar-refractivity contribution in [3.05, 3.63) is 176 Å². The van der Waals surface area contributed by atoms with Crippen molar-refractivity contribution in [3.8, 4) is 51.0 Å². The Hall–Kier alpha value is -6.98. The fraction of sp³-hybridized carbons (Fsp3) is 0. The maximum absolute atomic E-state index is 5.19. The zero-order valence-corrected chi connectivity index (χ0v) is 27.5. The van der Waals surface area contributed by atoms with Gasteiger partial charge in [-0.1, -0.05) is 115 Å². The van der Waals surface area contributed by atoms with Crippen molar-refractivity contribution in [1.82, 2.24) is 24.5 Å². The zero-order valence-electron chi connectivity index (χ0n) is 27.5. The fourth-order valence-corrected chi connectivity index (χ4v) is 7.20. The molecule has 238 valence electrons. The molecule has 0 spiro atoms. The number of aromatic nitrogens is 5. The number of nitrogens with zero attached hydrogens (tertiary/aromatic N) is 5. The minimum atomic E-state index is 0.691. The van der Waals surface area contributed by atoms with E-state index >= 15 is 0 Å². The van der Waals surface area contributed by atoms with E-state index in [4.69, 9.17) is 19.9 Å². The largest absolute Gasteiger partial charge is 0.309 e. The highest BCUT2D eigenvalue weighted by atomic mass is 15.0. The molecule has 7 aromatic carbocycles. The molecule has 10 aromatic rings. The van der Waals surface area contributed by atoms with Gasteiger partial charge in [0.05, 0.1) is 33.5 Å². The number of benzene rings is 7. The summed E-state index contributed by atoms with van der Waals surface area (Å²) < 4.78 is 2.32. The summed E-state index contributed by atoms with van der Waals surface area (Å²) in [6.07, 6.45) is 0. The van der Waals surface area contributed by atoms with E-state index in [1.807, 2.05) is 36.4 Å². The molecule has 0 fully saturated rings. The minimum Gasteiger partial charge on any atom is -0.309 e. The van der Waals surface area contributed by atoms with Gasteiger partial charge in [-0.05, 0) is 60.7 Å². The van der Waals surface area contributed by atoms with Crippen LogP contribution in [0.2, 0.25) is 0 Å². The summed E-state index contributed by atoms with van der Waals surface area (Å²) in [5.74, 6) is 1.38. The summed E-state index contributed by atoms with van der Waals surface area (Å²) in [5.41, 5.74) is 11.0. The zero-order chi connectivity index (χ0) is 33.7. The monoisotopic (exact) mass is 651 g/mol. The molecule has 0 aliphatic heterocycles. The molecule has 10 rings (SSSR count). The summed E-state index contributed by atoms with van der Waals surface area (Å²) in [5, 5.41) is 4.28. The molecule has 0 N–H and O–H groups in total. The predicted molar refractivity (Wildman–Crippen MR) is 209 cm³/mol. The van der Waals surface area contributed by atoms with Gasteiger partial charge in [-0.15, -0.1) is 0 Å². The van der Waals surface area contributed by atoms with Crippen LogP contribution in [-0.4, -0.2) is 24.5 Å². The van der Waals surface area contributed by atoms with Crippen molar-refractivity contribution < 1.29 is 0 Å². The van der Waals surface area contributed by atoms with E-state index in [1.54, 1.807) is 0 Å². The van der Waals surface area contributed by atoms with Gasteiger partial charge in [0.1, 0.15) is 0 Å². The third-order valence-electron chi connectivity index (χ3n) is 9.60. The second kappa shape index (κ2) is 11.9. The molecule has 5 heteroatoms. The Labute approximate surface area is 294 Å². The van der Waals surface area contributed by atoms with Crippen molar-refractivity contribution in [2.75, 3.05) is 0 Å². The lowest BCUT2D eigenvalue weighted by Gasteiger charge is -2.10. The lowest BCUT2D eigenvalue weighted by atomic mass is 10.0. The van der Waals surface area contributed by atoms with Crippen molar-refractivity contribution >= 4 is 43.6 Å². The number of hydrogen-bond donors (Lipinski definition) is 0. The Kier molecular flexibility index (Phi) is 6.74.